The fraction of sp³-hybridized carbons (Fsp3) is 1.00. The molecule has 1 N–H and O–H groups in total. The molecular formula is C15H31NO. The van der Waals surface area contributed by atoms with Crippen LogP contribution in [0.5, 0.6) is 0 Å². The van der Waals surface area contributed by atoms with E-state index in [4.69, 9.17) is 0 Å². The molecule has 2 nitrogen and oxygen atoms in total. The standard InChI is InChI=1S/C15H30N.H2O/c1-5-16(12-8-9-13-16)15(4)11-7-6-10-14(15,2)3;/h5-13H2,1-4H3;1H2/q+1;/p-1. The summed E-state index contributed by atoms with van der Waals surface area (Å²) in [6, 6.07) is 0. The largest absolute Gasteiger partial charge is 0.870 e. The number of likely N-dealkylation sites (tertiary alicyclic amines) is 1. The molecule has 2 aliphatic rings. The van der Waals surface area contributed by atoms with E-state index in [1.807, 2.05) is 0 Å². The maximum atomic E-state index is 2.60. The van der Waals surface area contributed by atoms with E-state index < -0.39 is 0 Å². The summed E-state index contributed by atoms with van der Waals surface area (Å²) in [4.78, 5) is 0. The normalized spacial score (nSPS) is 35.3. The molecule has 2 heteroatoms. The molecule has 102 valence electrons. The lowest BCUT2D eigenvalue weighted by atomic mass is 9.62. The third-order valence-corrected chi connectivity index (χ3v) is 6.25. The Morgan fingerprint density at radius 3 is 1.88 bits per heavy atom. The summed E-state index contributed by atoms with van der Waals surface area (Å²) in [5.41, 5.74) is 1.07. The molecule has 1 heterocycles. The molecule has 0 amide bonds. The predicted octanol–water partition coefficient (Wildman–Crippen LogP) is 3.80. The van der Waals surface area contributed by atoms with Crippen LogP contribution in [0.4, 0.5) is 0 Å². The average molecular weight is 241 g/mol. The second kappa shape index (κ2) is 4.89. The summed E-state index contributed by atoms with van der Waals surface area (Å²) in [7, 11) is 0. The van der Waals surface area contributed by atoms with Crippen LogP contribution in [0.3, 0.4) is 0 Å². The van der Waals surface area contributed by atoms with Crippen molar-refractivity contribution < 1.29 is 9.96 Å². The highest BCUT2D eigenvalue weighted by molar-refractivity contribution is 4.96. The molecule has 2 rings (SSSR count). The molecule has 0 aromatic carbocycles. The molecule has 1 aliphatic carbocycles. The molecule has 1 aliphatic heterocycles. The van der Waals surface area contributed by atoms with Gasteiger partial charge in [0.25, 0.3) is 0 Å². The van der Waals surface area contributed by atoms with Crippen molar-refractivity contribution in [3.05, 3.63) is 0 Å². The van der Waals surface area contributed by atoms with Gasteiger partial charge in [0, 0.05) is 24.7 Å². The Morgan fingerprint density at radius 1 is 0.882 bits per heavy atom. The second-order valence-electron chi connectivity index (χ2n) is 6.98. The molecule has 0 spiro atoms. The first-order chi connectivity index (χ1) is 7.47. The summed E-state index contributed by atoms with van der Waals surface area (Å²) in [5, 5.41) is 0. The summed E-state index contributed by atoms with van der Waals surface area (Å²) in [5.74, 6) is 0. The van der Waals surface area contributed by atoms with Gasteiger partial charge < -0.3 is 9.96 Å². The number of hydrogen-bond donors (Lipinski definition) is 0. The minimum Gasteiger partial charge on any atom is -0.870 e. The quantitative estimate of drug-likeness (QED) is 0.676. The van der Waals surface area contributed by atoms with Gasteiger partial charge in [-0.1, -0.05) is 20.3 Å². The first-order valence-electron chi connectivity index (χ1n) is 7.34. The lowest BCUT2D eigenvalue weighted by Gasteiger charge is -2.59. The highest BCUT2D eigenvalue weighted by Gasteiger charge is 2.57. The summed E-state index contributed by atoms with van der Waals surface area (Å²) in [6.45, 7) is 14.3. The molecule has 2 fully saturated rings. The van der Waals surface area contributed by atoms with E-state index in [1.165, 1.54) is 62.6 Å². The lowest BCUT2D eigenvalue weighted by molar-refractivity contribution is -0.972. The zero-order chi connectivity index (χ0) is 11.9. The van der Waals surface area contributed by atoms with Gasteiger partial charge in [-0.15, -0.1) is 0 Å². The van der Waals surface area contributed by atoms with Crippen LogP contribution in [0.25, 0.3) is 0 Å². The van der Waals surface area contributed by atoms with Crippen LogP contribution in [0.2, 0.25) is 0 Å². The Hall–Kier alpha value is -0.0800. The van der Waals surface area contributed by atoms with Gasteiger partial charge in [0.15, 0.2) is 0 Å². The van der Waals surface area contributed by atoms with Crippen molar-refractivity contribution in [2.45, 2.75) is 71.8 Å². The van der Waals surface area contributed by atoms with Crippen molar-refractivity contribution in [2.24, 2.45) is 5.41 Å². The van der Waals surface area contributed by atoms with Crippen LogP contribution in [0.15, 0.2) is 0 Å². The zero-order valence-electron chi connectivity index (χ0n) is 12.3. The highest BCUT2D eigenvalue weighted by Crippen LogP contribution is 2.52. The van der Waals surface area contributed by atoms with Crippen LogP contribution in [-0.4, -0.2) is 35.1 Å². The third kappa shape index (κ3) is 2.04. The summed E-state index contributed by atoms with van der Waals surface area (Å²) < 4.78 is 1.42. The van der Waals surface area contributed by atoms with Crippen LogP contribution in [0, 0.1) is 5.41 Å². The molecule has 0 radical (unpaired) electrons. The van der Waals surface area contributed by atoms with Crippen LogP contribution >= 0.6 is 0 Å². The Labute approximate surface area is 107 Å². The number of rotatable bonds is 2. The minimum atomic E-state index is 0. The third-order valence-electron chi connectivity index (χ3n) is 6.25. The SMILES string of the molecule is CC[N+]1(C2(C)CCCCC2(C)C)CCCC1.[OH-]. The Balaban J connectivity index is 0.00000144. The maximum absolute atomic E-state index is 2.60. The van der Waals surface area contributed by atoms with E-state index >= 15 is 0 Å². The van der Waals surface area contributed by atoms with E-state index in [9.17, 15) is 0 Å². The molecule has 0 aromatic heterocycles. The van der Waals surface area contributed by atoms with Gasteiger partial charge in [-0.05, 0) is 26.7 Å². The van der Waals surface area contributed by atoms with Gasteiger partial charge in [-0.3, -0.25) is 0 Å². The summed E-state index contributed by atoms with van der Waals surface area (Å²) >= 11 is 0. The number of quaternary nitrogens is 1. The Kier molecular flexibility index (Phi) is 4.31. The monoisotopic (exact) mass is 241 g/mol. The van der Waals surface area contributed by atoms with Crippen molar-refractivity contribution in [1.29, 1.82) is 0 Å². The van der Waals surface area contributed by atoms with E-state index in [-0.39, 0.29) is 5.48 Å². The van der Waals surface area contributed by atoms with Crippen molar-refractivity contribution in [3.8, 4) is 0 Å². The van der Waals surface area contributed by atoms with Crippen LogP contribution < -0.4 is 0 Å². The predicted molar refractivity (Wildman–Crippen MR) is 72.4 cm³/mol. The minimum absolute atomic E-state index is 0. The van der Waals surface area contributed by atoms with Gasteiger partial charge >= 0.3 is 0 Å². The average Bonchev–Trinajstić information content (AvgIpc) is 2.72. The van der Waals surface area contributed by atoms with Crippen LogP contribution in [-0.2, 0) is 0 Å². The van der Waals surface area contributed by atoms with Crippen molar-refractivity contribution >= 4 is 0 Å². The summed E-state index contributed by atoms with van der Waals surface area (Å²) in [6.07, 6.45) is 8.71. The van der Waals surface area contributed by atoms with Crippen molar-refractivity contribution in [3.63, 3.8) is 0 Å². The van der Waals surface area contributed by atoms with E-state index in [1.54, 1.807) is 0 Å². The van der Waals surface area contributed by atoms with E-state index in [0.717, 1.165) is 0 Å². The first-order valence-corrected chi connectivity index (χ1v) is 7.34. The Bertz CT molecular complexity index is 256. The van der Waals surface area contributed by atoms with Crippen molar-refractivity contribution in [1.82, 2.24) is 0 Å². The second-order valence-corrected chi connectivity index (χ2v) is 6.98. The fourth-order valence-electron chi connectivity index (χ4n) is 4.62. The molecule has 1 atom stereocenters. The van der Waals surface area contributed by atoms with Crippen LogP contribution in [0.1, 0.15) is 66.2 Å². The molecule has 17 heavy (non-hydrogen) atoms. The van der Waals surface area contributed by atoms with Gasteiger partial charge in [-0.2, -0.15) is 0 Å². The molecule has 1 saturated carbocycles. The number of nitrogens with zero attached hydrogens (tertiary/aromatic N) is 1. The van der Waals surface area contributed by atoms with Gasteiger partial charge in [0.2, 0.25) is 0 Å². The zero-order valence-corrected chi connectivity index (χ0v) is 12.3. The fourth-order valence-corrected chi connectivity index (χ4v) is 4.62. The maximum Gasteiger partial charge on any atom is 0.101 e. The topological polar surface area (TPSA) is 30.0 Å². The Morgan fingerprint density at radius 2 is 1.41 bits per heavy atom. The van der Waals surface area contributed by atoms with Crippen molar-refractivity contribution in [2.75, 3.05) is 19.6 Å². The van der Waals surface area contributed by atoms with Gasteiger partial charge in [0.05, 0.1) is 19.6 Å². The molecule has 0 aromatic rings. The molecule has 0 bridgehead atoms. The smallest absolute Gasteiger partial charge is 0.101 e. The molecular weight excluding hydrogens is 210 g/mol. The van der Waals surface area contributed by atoms with Gasteiger partial charge in [0.1, 0.15) is 5.54 Å². The van der Waals surface area contributed by atoms with E-state index in [0.29, 0.717) is 11.0 Å². The lowest BCUT2D eigenvalue weighted by Crippen LogP contribution is -2.68. The first kappa shape index (κ1) is 15.0. The molecule has 1 saturated heterocycles. The van der Waals surface area contributed by atoms with Gasteiger partial charge in [-0.25, -0.2) is 0 Å². The molecule has 1 unspecified atom stereocenters. The van der Waals surface area contributed by atoms with E-state index in [2.05, 4.69) is 27.7 Å². The highest BCUT2D eigenvalue weighted by atomic mass is 16.0. The number of hydrogen-bond acceptors (Lipinski definition) is 1.